The third-order valence-electron chi connectivity index (χ3n) is 4.37. The smallest absolute Gasteiger partial charge is 0.161 e. The van der Waals surface area contributed by atoms with Crippen LogP contribution in [0.3, 0.4) is 0 Å². The van der Waals surface area contributed by atoms with E-state index in [0.717, 1.165) is 37.2 Å². The molecule has 2 heteroatoms. The Bertz CT molecular complexity index is 586. The Morgan fingerprint density at radius 1 is 0.864 bits per heavy atom. The first-order valence-electron chi connectivity index (χ1n) is 8.22. The highest BCUT2D eigenvalue weighted by Gasteiger charge is 2.18. The Hall–Kier alpha value is -1.96. The van der Waals surface area contributed by atoms with Gasteiger partial charge in [0.25, 0.3) is 0 Å². The molecule has 0 bridgehead atoms. The van der Waals surface area contributed by atoms with Gasteiger partial charge in [0.05, 0.1) is 13.2 Å². The van der Waals surface area contributed by atoms with E-state index in [1.54, 1.807) is 7.11 Å². The predicted octanol–water partition coefficient (Wildman–Crippen LogP) is 4.80. The molecule has 1 aliphatic carbocycles. The van der Waals surface area contributed by atoms with Crippen molar-refractivity contribution >= 4 is 0 Å². The largest absolute Gasteiger partial charge is 0.493 e. The molecule has 116 valence electrons. The number of hydrogen-bond acceptors (Lipinski definition) is 2. The van der Waals surface area contributed by atoms with Crippen LogP contribution in [0.15, 0.2) is 48.5 Å². The van der Waals surface area contributed by atoms with Gasteiger partial charge in [-0.25, -0.2) is 0 Å². The third-order valence-corrected chi connectivity index (χ3v) is 4.37. The van der Waals surface area contributed by atoms with E-state index in [2.05, 4.69) is 42.5 Å². The number of ether oxygens (including phenoxy) is 2. The molecule has 0 aromatic heterocycles. The van der Waals surface area contributed by atoms with E-state index in [1.165, 1.54) is 24.0 Å². The van der Waals surface area contributed by atoms with Crippen LogP contribution in [0.2, 0.25) is 0 Å². The van der Waals surface area contributed by atoms with Crippen molar-refractivity contribution in [2.45, 2.75) is 44.6 Å². The van der Waals surface area contributed by atoms with Crippen LogP contribution in [-0.4, -0.2) is 13.2 Å². The first kappa shape index (κ1) is 15.0. The average Bonchev–Trinajstić information content (AvgIpc) is 3.07. The van der Waals surface area contributed by atoms with Crippen molar-refractivity contribution < 1.29 is 9.47 Å². The van der Waals surface area contributed by atoms with Crippen molar-refractivity contribution in [1.29, 1.82) is 0 Å². The lowest BCUT2D eigenvalue weighted by molar-refractivity contribution is 0.200. The number of rotatable bonds is 6. The maximum Gasteiger partial charge on any atom is 0.161 e. The first-order chi connectivity index (χ1) is 10.8. The number of methoxy groups -OCH3 is 1. The van der Waals surface area contributed by atoms with Crippen LogP contribution in [0, 0.1) is 0 Å². The highest BCUT2D eigenvalue weighted by molar-refractivity contribution is 5.43. The highest BCUT2D eigenvalue weighted by atomic mass is 16.5. The van der Waals surface area contributed by atoms with Gasteiger partial charge in [-0.05, 0) is 61.8 Å². The molecule has 1 fully saturated rings. The molecule has 0 heterocycles. The van der Waals surface area contributed by atoms with E-state index in [-0.39, 0.29) is 0 Å². The van der Waals surface area contributed by atoms with Crippen LogP contribution in [0.5, 0.6) is 11.5 Å². The molecule has 0 saturated heterocycles. The van der Waals surface area contributed by atoms with Crippen molar-refractivity contribution in [3.63, 3.8) is 0 Å². The number of benzene rings is 2. The maximum atomic E-state index is 6.17. The summed E-state index contributed by atoms with van der Waals surface area (Å²) in [5, 5.41) is 0. The Morgan fingerprint density at radius 3 is 2.32 bits per heavy atom. The Balaban J connectivity index is 1.69. The second-order valence-electron chi connectivity index (χ2n) is 6.00. The molecule has 0 unspecified atom stereocenters. The zero-order valence-electron chi connectivity index (χ0n) is 13.3. The van der Waals surface area contributed by atoms with Gasteiger partial charge in [-0.2, -0.15) is 0 Å². The second kappa shape index (κ2) is 7.35. The lowest BCUT2D eigenvalue weighted by Crippen LogP contribution is -2.11. The van der Waals surface area contributed by atoms with Crippen LogP contribution in [0.1, 0.15) is 36.8 Å². The van der Waals surface area contributed by atoms with Crippen molar-refractivity contribution in [2.75, 3.05) is 7.11 Å². The summed E-state index contributed by atoms with van der Waals surface area (Å²) in [6.45, 7) is 0. The maximum absolute atomic E-state index is 6.17. The highest BCUT2D eigenvalue weighted by Crippen LogP contribution is 2.32. The second-order valence-corrected chi connectivity index (χ2v) is 6.00. The van der Waals surface area contributed by atoms with E-state index in [9.17, 15) is 0 Å². The van der Waals surface area contributed by atoms with Gasteiger partial charge in [0, 0.05) is 0 Å². The van der Waals surface area contributed by atoms with Gasteiger partial charge in [-0.15, -0.1) is 0 Å². The molecule has 0 amide bonds. The SMILES string of the molecule is COc1ccc(CCc2ccccc2)cc1OC1CCCC1. The lowest BCUT2D eigenvalue weighted by Gasteiger charge is -2.17. The summed E-state index contributed by atoms with van der Waals surface area (Å²) in [6, 6.07) is 16.9. The summed E-state index contributed by atoms with van der Waals surface area (Å²) in [5.74, 6) is 1.75. The summed E-state index contributed by atoms with van der Waals surface area (Å²) >= 11 is 0. The molecule has 0 aliphatic heterocycles. The van der Waals surface area contributed by atoms with Crippen LogP contribution >= 0.6 is 0 Å². The Labute approximate surface area is 133 Å². The van der Waals surface area contributed by atoms with Crippen molar-refractivity contribution in [3.05, 3.63) is 59.7 Å². The topological polar surface area (TPSA) is 18.5 Å². The summed E-state index contributed by atoms with van der Waals surface area (Å²) in [7, 11) is 1.71. The first-order valence-corrected chi connectivity index (χ1v) is 8.22. The summed E-state index contributed by atoms with van der Waals surface area (Å²) < 4.78 is 11.6. The minimum atomic E-state index is 0.360. The molecule has 22 heavy (non-hydrogen) atoms. The molecule has 1 saturated carbocycles. The minimum absolute atomic E-state index is 0.360. The molecule has 2 nitrogen and oxygen atoms in total. The number of hydrogen-bond donors (Lipinski definition) is 0. The molecule has 0 N–H and O–H groups in total. The predicted molar refractivity (Wildman–Crippen MR) is 89.7 cm³/mol. The van der Waals surface area contributed by atoms with Gasteiger partial charge < -0.3 is 9.47 Å². The molecular weight excluding hydrogens is 272 g/mol. The summed E-state index contributed by atoms with van der Waals surface area (Å²) in [5.41, 5.74) is 2.68. The molecule has 3 rings (SSSR count). The molecule has 0 atom stereocenters. The monoisotopic (exact) mass is 296 g/mol. The molecule has 2 aromatic carbocycles. The zero-order chi connectivity index (χ0) is 15.2. The van der Waals surface area contributed by atoms with E-state index >= 15 is 0 Å². The standard InChI is InChI=1S/C20H24O2/c1-21-19-14-13-17(12-11-16-7-3-2-4-8-16)15-20(19)22-18-9-5-6-10-18/h2-4,7-8,13-15,18H,5-6,9-12H2,1H3. The molecular formula is C20H24O2. The van der Waals surface area contributed by atoms with Gasteiger partial charge >= 0.3 is 0 Å². The van der Waals surface area contributed by atoms with Gasteiger partial charge in [-0.3, -0.25) is 0 Å². The minimum Gasteiger partial charge on any atom is -0.493 e. The van der Waals surface area contributed by atoms with Crippen molar-refractivity contribution in [2.24, 2.45) is 0 Å². The third kappa shape index (κ3) is 3.82. The van der Waals surface area contributed by atoms with E-state index in [0.29, 0.717) is 6.10 Å². The summed E-state index contributed by atoms with van der Waals surface area (Å²) in [4.78, 5) is 0. The summed E-state index contributed by atoms with van der Waals surface area (Å²) in [6.07, 6.45) is 7.32. The van der Waals surface area contributed by atoms with Crippen molar-refractivity contribution in [1.82, 2.24) is 0 Å². The van der Waals surface area contributed by atoms with Crippen LogP contribution < -0.4 is 9.47 Å². The van der Waals surface area contributed by atoms with Gasteiger partial charge in [0.2, 0.25) is 0 Å². The zero-order valence-corrected chi connectivity index (χ0v) is 13.3. The lowest BCUT2D eigenvalue weighted by atomic mass is 10.0. The van der Waals surface area contributed by atoms with Gasteiger partial charge in [-0.1, -0.05) is 36.4 Å². The Morgan fingerprint density at radius 2 is 1.59 bits per heavy atom. The Kier molecular flexibility index (Phi) is 4.99. The van der Waals surface area contributed by atoms with Crippen molar-refractivity contribution in [3.8, 4) is 11.5 Å². The van der Waals surface area contributed by atoms with Gasteiger partial charge in [0.15, 0.2) is 11.5 Å². The fraction of sp³-hybridized carbons (Fsp3) is 0.400. The quantitative estimate of drug-likeness (QED) is 0.762. The molecule has 0 spiro atoms. The average molecular weight is 296 g/mol. The number of aryl methyl sites for hydroxylation is 2. The van der Waals surface area contributed by atoms with Gasteiger partial charge in [0.1, 0.15) is 0 Å². The van der Waals surface area contributed by atoms with E-state index in [1.807, 2.05) is 6.07 Å². The van der Waals surface area contributed by atoms with Crippen LogP contribution in [-0.2, 0) is 12.8 Å². The van der Waals surface area contributed by atoms with Crippen LogP contribution in [0.4, 0.5) is 0 Å². The van der Waals surface area contributed by atoms with E-state index in [4.69, 9.17) is 9.47 Å². The van der Waals surface area contributed by atoms with E-state index < -0.39 is 0 Å². The molecule has 2 aromatic rings. The molecule has 0 radical (unpaired) electrons. The van der Waals surface area contributed by atoms with Crippen LogP contribution in [0.25, 0.3) is 0 Å². The fourth-order valence-electron chi connectivity index (χ4n) is 3.09. The normalized spacial score (nSPS) is 15.0. The fourth-order valence-corrected chi connectivity index (χ4v) is 3.09. The molecule has 1 aliphatic rings.